The molecule has 1 aromatic carbocycles. The van der Waals surface area contributed by atoms with Crippen LogP contribution in [0.3, 0.4) is 0 Å². The van der Waals surface area contributed by atoms with Crippen LogP contribution in [0.1, 0.15) is 24.8 Å². The second-order valence-corrected chi connectivity index (χ2v) is 4.89. The molecule has 1 aromatic rings. The molecule has 0 amide bonds. The van der Waals surface area contributed by atoms with Crippen LogP contribution < -0.4 is 9.47 Å². The molecule has 0 heterocycles. The fourth-order valence-corrected chi connectivity index (χ4v) is 1.97. The fourth-order valence-electron chi connectivity index (χ4n) is 1.97. The van der Waals surface area contributed by atoms with Crippen molar-refractivity contribution in [1.82, 2.24) is 0 Å². The number of halogens is 5. The fraction of sp³-hybridized carbons (Fsp3) is 0.533. The van der Waals surface area contributed by atoms with Crippen molar-refractivity contribution in [2.45, 2.75) is 37.8 Å². The molecule has 0 aromatic heterocycles. The standard InChI is InChI=1S/C15H17F5O3/c1-22-11-8-7-10(9-12(11)23-2)5-3-4-6-13(21)14(16,17)15(18,19)20/h7-9H,3-6H2,1-2H3. The molecule has 8 heteroatoms. The molecule has 0 atom stereocenters. The first-order valence-corrected chi connectivity index (χ1v) is 6.82. The minimum Gasteiger partial charge on any atom is -0.493 e. The number of unbranched alkanes of at least 4 members (excludes halogenated alkanes) is 1. The lowest BCUT2D eigenvalue weighted by atomic mass is 10.0. The maximum atomic E-state index is 12.8. The first kappa shape index (κ1) is 19.2. The maximum absolute atomic E-state index is 12.8. The predicted molar refractivity (Wildman–Crippen MR) is 73.1 cm³/mol. The Labute approximate surface area is 130 Å². The Kier molecular flexibility index (Phi) is 6.35. The van der Waals surface area contributed by atoms with Gasteiger partial charge in [0.1, 0.15) is 0 Å². The third kappa shape index (κ3) is 4.80. The zero-order valence-corrected chi connectivity index (χ0v) is 12.7. The number of rotatable bonds is 8. The van der Waals surface area contributed by atoms with Crippen LogP contribution in [0, 0.1) is 0 Å². The van der Waals surface area contributed by atoms with E-state index in [-0.39, 0.29) is 6.42 Å². The highest BCUT2D eigenvalue weighted by Gasteiger charge is 2.62. The molecule has 0 aliphatic rings. The number of Topliss-reactive ketones (excluding diaryl/α,β-unsaturated/α-hetero) is 1. The first-order chi connectivity index (χ1) is 10.6. The molecule has 3 nitrogen and oxygen atoms in total. The third-order valence-corrected chi connectivity index (χ3v) is 3.27. The van der Waals surface area contributed by atoms with Crippen LogP contribution in [-0.2, 0) is 11.2 Å². The summed E-state index contributed by atoms with van der Waals surface area (Å²) in [7, 11) is 2.93. The van der Waals surface area contributed by atoms with Gasteiger partial charge in [0.05, 0.1) is 14.2 Å². The number of alkyl halides is 5. The van der Waals surface area contributed by atoms with E-state index < -0.39 is 24.3 Å². The zero-order valence-electron chi connectivity index (χ0n) is 12.7. The largest absolute Gasteiger partial charge is 0.493 e. The molecular weight excluding hydrogens is 323 g/mol. The monoisotopic (exact) mass is 340 g/mol. The maximum Gasteiger partial charge on any atom is 0.461 e. The molecule has 0 aliphatic heterocycles. The van der Waals surface area contributed by atoms with Gasteiger partial charge < -0.3 is 9.47 Å². The van der Waals surface area contributed by atoms with Gasteiger partial charge >= 0.3 is 12.1 Å². The van der Waals surface area contributed by atoms with Crippen LogP contribution in [0.15, 0.2) is 18.2 Å². The van der Waals surface area contributed by atoms with E-state index in [0.29, 0.717) is 24.3 Å². The first-order valence-electron chi connectivity index (χ1n) is 6.82. The Bertz CT molecular complexity index is 540. The van der Waals surface area contributed by atoms with E-state index in [9.17, 15) is 26.7 Å². The van der Waals surface area contributed by atoms with E-state index in [2.05, 4.69) is 0 Å². The summed E-state index contributed by atoms with van der Waals surface area (Å²) >= 11 is 0. The lowest BCUT2D eigenvalue weighted by Gasteiger charge is -2.17. The number of methoxy groups -OCH3 is 2. The Morgan fingerprint density at radius 3 is 2.13 bits per heavy atom. The number of ketones is 1. The minimum absolute atomic E-state index is 0.0567. The van der Waals surface area contributed by atoms with Crippen LogP contribution >= 0.6 is 0 Å². The van der Waals surface area contributed by atoms with Gasteiger partial charge in [0, 0.05) is 6.42 Å². The van der Waals surface area contributed by atoms with Crippen molar-refractivity contribution in [1.29, 1.82) is 0 Å². The van der Waals surface area contributed by atoms with Gasteiger partial charge in [0.25, 0.3) is 0 Å². The Morgan fingerprint density at radius 2 is 1.61 bits per heavy atom. The summed E-state index contributed by atoms with van der Waals surface area (Å²) in [5.74, 6) is -6.37. The molecule has 0 aliphatic carbocycles. The number of carbonyl (C=O) groups is 1. The summed E-state index contributed by atoms with van der Waals surface area (Å²) < 4.78 is 71.7. The molecule has 0 unspecified atom stereocenters. The smallest absolute Gasteiger partial charge is 0.461 e. The van der Waals surface area contributed by atoms with E-state index in [1.807, 2.05) is 0 Å². The number of carbonyl (C=O) groups excluding carboxylic acids is 1. The number of ether oxygens (including phenoxy) is 2. The summed E-state index contributed by atoms with van der Waals surface area (Å²) in [5, 5.41) is 0. The third-order valence-electron chi connectivity index (χ3n) is 3.27. The van der Waals surface area contributed by atoms with Gasteiger partial charge in [-0.1, -0.05) is 6.07 Å². The van der Waals surface area contributed by atoms with Gasteiger partial charge in [-0.15, -0.1) is 0 Å². The highest BCUT2D eigenvalue weighted by molar-refractivity contribution is 5.86. The molecule has 130 valence electrons. The highest BCUT2D eigenvalue weighted by Crippen LogP contribution is 2.37. The van der Waals surface area contributed by atoms with Crippen molar-refractivity contribution in [2.75, 3.05) is 14.2 Å². The van der Waals surface area contributed by atoms with Crippen molar-refractivity contribution < 1.29 is 36.2 Å². The summed E-state index contributed by atoms with van der Waals surface area (Å²) in [5.41, 5.74) is 0.803. The van der Waals surface area contributed by atoms with Gasteiger partial charge in [0.15, 0.2) is 11.5 Å². The second kappa shape index (κ2) is 7.61. The van der Waals surface area contributed by atoms with E-state index in [1.165, 1.54) is 14.2 Å². The number of hydrogen-bond donors (Lipinski definition) is 0. The van der Waals surface area contributed by atoms with Crippen molar-refractivity contribution >= 4 is 5.78 Å². The number of aryl methyl sites for hydroxylation is 1. The Balaban J connectivity index is 2.51. The van der Waals surface area contributed by atoms with Crippen LogP contribution in [-0.4, -0.2) is 32.1 Å². The molecule has 0 spiro atoms. The summed E-state index contributed by atoms with van der Waals surface area (Å²) in [6.07, 6.45) is -5.99. The van der Waals surface area contributed by atoms with Gasteiger partial charge in [-0.3, -0.25) is 4.79 Å². The van der Waals surface area contributed by atoms with Crippen LogP contribution in [0.2, 0.25) is 0 Å². The normalized spacial score (nSPS) is 12.1. The van der Waals surface area contributed by atoms with Crippen molar-refractivity contribution in [3.63, 3.8) is 0 Å². The van der Waals surface area contributed by atoms with Gasteiger partial charge in [-0.05, 0) is 37.0 Å². The lowest BCUT2D eigenvalue weighted by Crippen LogP contribution is -2.43. The van der Waals surface area contributed by atoms with Crippen LogP contribution in [0.25, 0.3) is 0 Å². The molecule has 0 fully saturated rings. The number of benzene rings is 1. The molecule has 23 heavy (non-hydrogen) atoms. The average Bonchev–Trinajstić information content (AvgIpc) is 2.49. The topological polar surface area (TPSA) is 35.5 Å². The SMILES string of the molecule is COc1ccc(CCCCC(=O)C(F)(F)C(F)(F)F)cc1OC. The molecule has 0 saturated heterocycles. The van der Waals surface area contributed by atoms with Crippen molar-refractivity contribution in [2.24, 2.45) is 0 Å². The van der Waals surface area contributed by atoms with Gasteiger partial charge in [0.2, 0.25) is 5.78 Å². The quantitative estimate of drug-likeness (QED) is 0.526. The lowest BCUT2D eigenvalue weighted by molar-refractivity contribution is -0.268. The minimum atomic E-state index is -5.84. The summed E-state index contributed by atoms with van der Waals surface area (Å²) in [6, 6.07) is 5.08. The highest BCUT2D eigenvalue weighted by atomic mass is 19.4. The van der Waals surface area contributed by atoms with Crippen LogP contribution in [0.5, 0.6) is 11.5 Å². The Morgan fingerprint density at radius 1 is 1.00 bits per heavy atom. The van der Waals surface area contributed by atoms with Crippen LogP contribution in [0.4, 0.5) is 22.0 Å². The zero-order chi connectivity index (χ0) is 17.7. The number of hydrogen-bond acceptors (Lipinski definition) is 3. The van der Waals surface area contributed by atoms with Crippen molar-refractivity contribution in [3.8, 4) is 11.5 Å². The van der Waals surface area contributed by atoms with Crippen molar-refractivity contribution in [3.05, 3.63) is 23.8 Å². The molecule has 1 rings (SSSR count). The Hall–Kier alpha value is -1.86. The second-order valence-electron chi connectivity index (χ2n) is 4.89. The molecular formula is C15H17F5O3. The van der Waals surface area contributed by atoms with Gasteiger partial charge in [-0.25, -0.2) is 0 Å². The average molecular weight is 340 g/mol. The summed E-state index contributed by atoms with van der Waals surface area (Å²) in [6.45, 7) is 0. The molecule has 0 bridgehead atoms. The van der Waals surface area contributed by atoms with Gasteiger partial charge in [-0.2, -0.15) is 22.0 Å². The summed E-state index contributed by atoms with van der Waals surface area (Å²) in [4.78, 5) is 11.0. The van der Waals surface area contributed by atoms with E-state index in [4.69, 9.17) is 9.47 Å². The van der Waals surface area contributed by atoms with E-state index in [0.717, 1.165) is 5.56 Å². The van der Waals surface area contributed by atoms with E-state index >= 15 is 0 Å². The predicted octanol–water partition coefficient (Wildman–Crippen LogP) is 4.18. The molecule has 0 N–H and O–H groups in total. The molecule has 0 radical (unpaired) electrons. The van der Waals surface area contributed by atoms with E-state index in [1.54, 1.807) is 18.2 Å². The molecule has 0 saturated carbocycles.